The lowest BCUT2D eigenvalue weighted by atomic mass is 10.1. The summed E-state index contributed by atoms with van der Waals surface area (Å²) < 4.78 is 1.92. The molecule has 1 aliphatic carbocycles. The smallest absolute Gasteiger partial charge is 0.244 e. The van der Waals surface area contributed by atoms with E-state index in [1.165, 1.54) is 19.8 Å². The summed E-state index contributed by atoms with van der Waals surface area (Å²) in [5, 5.41) is 10.3. The first kappa shape index (κ1) is 16.2. The Labute approximate surface area is 141 Å². The molecule has 0 saturated heterocycles. The number of benzene rings is 1. The van der Waals surface area contributed by atoms with E-state index in [2.05, 4.69) is 15.7 Å². The molecule has 126 valence electrons. The third kappa shape index (κ3) is 3.82. The van der Waals surface area contributed by atoms with Crippen LogP contribution in [0, 0.1) is 0 Å². The highest BCUT2D eigenvalue weighted by Crippen LogP contribution is 2.31. The van der Waals surface area contributed by atoms with E-state index in [-0.39, 0.29) is 18.2 Å². The van der Waals surface area contributed by atoms with E-state index in [4.69, 9.17) is 0 Å². The van der Waals surface area contributed by atoms with Gasteiger partial charge in [-0.05, 0) is 31.9 Å². The monoisotopic (exact) mass is 326 g/mol. The molecular formula is C18H22N4O2. The van der Waals surface area contributed by atoms with E-state index in [1.807, 2.05) is 16.8 Å². The first-order chi connectivity index (χ1) is 11.6. The van der Waals surface area contributed by atoms with Gasteiger partial charge in [-0.15, -0.1) is 0 Å². The van der Waals surface area contributed by atoms with Gasteiger partial charge in [0.2, 0.25) is 5.91 Å². The van der Waals surface area contributed by atoms with Gasteiger partial charge in [0.05, 0.1) is 18.8 Å². The van der Waals surface area contributed by atoms with Crippen LogP contribution in [0.3, 0.4) is 0 Å². The Balaban J connectivity index is 1.57. The van der Waals surface area contributed by atoms with Crippen molar-refractivity contribution in [1.29, 1.82) is 0 Å². The zero-order valence-corrected chi connectivity index (χ0v) is 13.8. The SMILES string of the molecule is CC(=O)c1cccc(NCC(=O)Nc2ccnn2C2CCCC2)c1. The highest BCUT2D eigenvalue weighted by atomic mass is 16.2. The molecule has 1 amide bonds. The second kappa shape index (κ2) is 7.29. The largest absolute Gasteiger partial charge is 0.376 e. The van der Waals surface area contributed by atoms with Gasteiger partial charge in [0.25, 0.3) is 0 Å². The lowest BCUT2D eigenvalue weighted by Gasteiger charge is -2.15. The minimum Gasteiger partial charge on any atom is -0.376 e. The van der Waals surface area contributed by atoms with Crippen LogP contribution in [0.15, 0.2) is 36.5 Å². The van der Waals surface area contributed by atoms with Crippen LogP contribution in [0.4, 0.5) is 11.5 Å². The molecule has 1 heterocycles. The molecule has 1 saturated carbocycles. The number of ketones is 1. The van der Waals surface area contributed by atoms with Gasteiger partial charge in [0.15, 0.2) is 5.78 Å². The lowest BCUT2D eigenvalue weighted by molar-refractivity contribution is -0.114. The van der Waals surface area contributed by atoms with Crippen LogP contribution in [0.2, 0.25) is 0 Å². The number of Topliss-reactive ketones (excluding diaryl/α,β-unsaturated/α-hetero) is 1. The number of hydrogen-bond donors (Lipinski definition) is 2. The van der Waals surface area contributed by atoms with Crippen molar-refractivity contribution in [3.05, 3.63) is 42.1 Å². The van der Waals surface area contributed by atoms with E-state index in [1.54, 1.807) is 24.4 Å². The van der Waals surface area contributed by atoms with Crippen LogP contribution in [0.25, 0.3) is 0 Å². The predicted molar refractivity (Wildman–Crippen MR) is 93.3 cm³/mol. The van der Waals surface area contributed by atoms with Crippen LogP contribution < -0.4 is 10.6 Å². The van der Waals surface area contributed by atoms with Crippen LogP contribution >= 0.6 is 0 Å². The van der Waals surface area contributed by atoms with Gasteiger partial charge in [0.1, 0.15) is 5.82 Å². The molecule has 6 heteroatoms. The summed E-state index contributed by atoms with van der Waals surface area (Å²) in [5.74, 6) is 0.609. The predicted octanol–water partition coefficient (Wildman–Crippen LogP) is 3.25. The molecule has 2 N–H and O–H groups in total. The van der Waals surface area contributed by atoms with E-state index in [0.717, 1.165) is 24.3 Å². The molecule has 2 aromatic rings. The third-order valence-corrected chi connectivity index (χ3v) is 4.33. The number of aromatic nitrogens is 2. The summed E-state index contributed by atoms with van der Waals surface area (Å²) in [4.78, 5) is 23.6. The molecule has 1 aromatic heterocycles. The third-order valence-electron chi connectivity index (χ3n) is 4.33. The van der Waals surface area contributed by atoms with Crippen LogP contribution in [0.1, 0.15) is 49.0 Å². The molecule has 0 spiro atoms. The maximum atomic E-state index is 12.2. The number of anilines is 2. The number of rotatable bonds is 6. The van der Waals surface area contributed by atoms with Crippen LogP contribution in [0.5, 0.6) is 0 Å². The summed E-state index contributed by atoms with van der Waals surface area (Å²) in [6.45, 7) is 1.66. The quantitative estimate of drug-likeness (QED) is 0.799. The van der Waals surface area contributed by atoms with Gasteiger partial charge in [-0.25, -0.2) is 4.68 Å². The first-order valence-corrected chi connectivity index (χ1v) is 8.32. The topological polar surface area (TPSA) is 76.0 Å². The van der Waals surface area contributed by atoms with Crippen molar-refractivity contribution in [3.8, 4) is 0 Å². The van der Waals surface area contributed by atoms with E-state index < -0.39 is 0 Å². The average molecular weight is 326 g/mol. The summed E-state index contributed by atoms with van der Waals surface area (Å²) in [6.07, 6.45) is 6.37. The Hall–Kier alpha value is -2.63. The van der Waals surface area contributed by atoms with E-state index in [9.17, 15) is 9.59 Å². The molecule has 0 radical (unpaired) electrons. The number of carbonyl (C=O) groups excluding carboxylic acids is 2. The van der Waals surface area contributed by atoms with Crippen molar-refractivity contribution in [1.82, 2.24) is 9.78 Å². The molecular weight excluding hydrogens is 304 g/mol. The maximum absolute atomic E-state index is 12.2. The van der Waals surface area contributed by atoms with Gasteiger partial charge >= 0.3 is 0 Å². The minimum absolute atomic E-state index is 0.00330. The molecule has 0 bridgehead atoms. The highest BCUT2D eigenvalue weighted by molar-refractivity contribution is 5.95. The standard InChI is InChI=1S/C18H22N4O2/c1-13(23)14-5-4-6-15(11-14)19-12-18(24)21-17-9-10-20-22(17)16-7-2-3-8-16/h4-6,9-11,16,19H,2-3,7-8,12H2,1H3,(H,21,24). The average Bonchev–Trinajstić information content (AvgIpc) is 3.24. The van der Waals surface area contributed by atoms with Crippen molar-refractivity contribution in [3.63, 3.8) is 0 Å². The number of hydrogen-bond acceptors (Lipinski definition) is 4. The molecule has 0 atom stereocenters. The Morgan fingerprint density at radius 3 is 2.79 bits per heavy atom. The Morgan fingerprint density at radius 1 is 1.25 bits per heavy atom. The number of carbonyl (C=O) groups is 2. The fourth-order valence-corrected chi connectivity index (χ4v) is 3.07. The van der Waals surface area contributed by atoms with Crippen LogP contribution in [-0.4, -0.2) is 28.0 Å². The number of amides is 1. The van der Waals surface area contributed by atoms with Crippen molar-refractivity contribution in [2.45, 2.75) is 38.6 Å². The molecule has 6 nitrogen and oxygen atoms in total. The fourth-order valence-electron chi connectivity index (χ4n) is 3.07. The molecule has 1 aliphatic rings. The van der Waals surface area contributed by atoms with Crippen molar-refractivity contribution in [2.24, 2.45) is 0 Å². The molecule has 1 fully saturated rings. The molecule has 0 aliphatic heterocycles. The Bertz CT molecular complexity index is 732. The van der Waals surface area contributed by atoms with Gasteiger partial charge in [-0.3, -0.25) is 9.59 Å². The highest BCUT2D eigenvalue weighted by Gasteiger charge is 2.20. The van der Waals surface area contributed by atoms with E-state index in [0.29, 0.717) is 11.6 Å². The van der Waals surface area contributed by atoms with Crippen LogP contribution in [-0.2, 0) is 4.79 Å². The Morgan fingerprint density at radius 2 is 2.04 bits per heavy atom. The summed E-state index contributed by atoms with van der Waals surface area (Å²) in [5.41, 5.74) is 1.38. The van der Waals surface area contributed by atoms with Gasteiger partial charge in [0, 0.05) is 17.3 Å². The summed E-state index contributed by atoms with van der Waals surface area (Å²) in [7, 11) is 0. The second-order valence-corrected chi connectivity index (χ2v) is 6.14. The molecule has 0 unspecified atom stereocenters. The van der Waals surface area contributed by atoms with Crippen molar-refractivity contribution in [2.75, 3.05) is 17.2 Å². The van der Waals surface area contributed by atoms with Crippen molar-refractivity contribution < 1.29 is 9.59 Å². The lowest BCUT2D eigenvalue weighted by Crippen LogP contribution is -2.24. The fraction of sp³-hybridized carbons (Fsp3) is 0.389. The number of nitrogens with zero attached hydrogens (tertiary/aromatic N) is 2. The minimum atomic E-state index is -0.136. The van der Waals surface area contributed by atoms with Gasteiger partial charge in [-0.1, -0.05) is 25.0 Å². The Kier molecular flexibility index (Phi) is 4.93. The molecule has 24 heavy (non-hydrogen) atoms. The number of nitrogens with one attached hydrogen (secondary N) is 2. The molecule has 1 aromatic carbocycles. The zero-order valence-electron chi connectivity index (χ0n) is 13.8. The van der Waals surface area contributed by atoms with E-state index >= 15 is 0 Å². The molecule has 3 rings (SSSR count). The summed E-state index contributed by atoms with van der Waals surface area (Å²) in [6, 6.07) is 9.35. The first-order valence-electron chi connectivity index (χ1n) is 8.32. The van der Waals surface area contributed by atoms with Gasteiger partial charge < -0.3 is 10.6 Å². The maximum Gasteiger partial charge on any atom is 0.244 e. The second-order valence-electron chi connectivity index (χ2n) is 6.14. The normalized spacial score (nSPS) is 14.5. The van der Waals surface area contributed by atoms with Crippen molar-refractivity contribution >= 4 is 23.2 Å². The van der Waals surface area contributed by atoms with Gasteiger partial charge in [-0.2, -0.15) is 5.10 Å². The zero-order chi connectivity index (χ0) is 16.9. The summed E-state index contributed by atoms with van der Waals surface area (Å²) >= 11 is 0.